The number of benzene rings is 3. The van der Waals surface area contributed by atoms with Gasteiger partial charge < -0.3 is 9.84 Å². The van der Waals surface area contributed by atoms with Gasteiger partial charge in [-0.1, -0.05) is 35.9 Å². The maximum atomic E-state index is 15.4. The van der Waals surface area contributed by atoms with Gasteiger partial charge in [0.2, 0.25) is 0 Å². The number of carboxylic acid groups (broad SMARTS) is 1. The van der Waals surface area contributed by atoms with Gasteiger partial charge >= 0.3 is 5.97 Å². The molecule has 1 atom stereocenters. The Morgan fingerprint density at radius 2 is 1.82 bits per heavy atom. The highest BCUT2D eigenvalue weighted by atomic mass is 35.5. The maximum absolute atomic E-state index is 15.4. The van der Waals surface area contributed by atoms with Crippen LogP contribution in [0.25, 0.3) is 11.1 Å². The molecule has 2 aliphatic rings. The number of nitrogens with zero attached hydrogens (tertiary/aromatic N) is 1. The Labute approximate surface area is 230 Å². The predicted molar refractivity (Wildman–Crippen MR) is 146 cm³/mol. The van der Waals surface area contributed by atoms with Crippen molar-refractivity contribution in [2.75, 3.05) is 26.3 Å². The predicted octanol–water partition coefficient (Wildman–Crippen LogP) is 7.42. The number of halogens is 4. The molecule has 0 bridgehead atoms. The monoisotopic (exact) mass is 555 g/mol. The van der Waals surface area contributed by atoms with E-state index in [1.54, 1.807) is 12.1 Å². The molecule has 5 rings (SSSR count). The summed E-state index contributed by atoms with van der Waals surface area (Å²) < 4.78 is 48.0. The smallest absolute Gasteiger partial charge is 0.338 e. The molecular weight excluding hydrogens is 527 g/mol. The number of hydrogen-bond acceptors (Lipinski definition) is 3. The summed E-state index contributed by atoms with van der Waals surface area (Å²) in [6, 6.07) is 14.7. The maximum Gasteiger partial charge on any atom is 0.338 e. The molecule has 4 nitrogen and oxygen atoms in total. The fraction of sp³-hybridized carbons (Fsp3) is 0.323. The van der Waals surface area contributed by atoms with Gasteiger partial charge in [-0.05, 0) is 95.8 Å². The Morgan fingerprint density at radius 1 is 1.05 bits per heavy atom. The van der Waals surface area contributed by atoms with Crippen molar-refractivity contribution < 1.29 is 27.8 Å². The first-order chi connectivity index (χ1) is 18.9. The van der Waals surface area contributed by atoms with Crippen LogP contribution in [0.4, 0.5) is 13.2 Å². The van der Waals surface area contributed by atoms with Crippen LogP contribution in [0.2, 0.25) is 5.02 Å². The van der Waals surface area contributed by atoms with Crippen molar-refractivity contribution >= 4 is 28.7 Å². The van der Waals surface area contributed by atoms with E-state index in [4.69, 9.17) is 16.3 Å². The zero-order valence-corrected chi connectivity index (χ0v) is 22.1. The standard InChI is InChI=1S/C31H29ClF3NO3/c32-28-17-20(34)7-10-23(28)24-3-1-4-26-25(11-12-27(30(26)35)31(37)38)29(24)19-5-8-21(9-6-19)39-22-13-16-36(18-22)15-2-14-33/h5-12,17,22H,1-4,13-16,18H2,(H,37,38)/t22-/m0/s1. The van der Waals surface area contributed by atoms with E-state index in [-0.39, 0.29) is 23.4 Å². The zero-order valence-electron chi connectivity index (χ0n) is 21.4. The minimum Gasteiger partial charge on any atom is -0.489 e. The molecule has 3 aromatic carbocycles. The van der Waals surface area contributed by atoms with Crippen LogP contribution in [-0.2, 0) is 6.42 Å². The minimum absolute atomic E-state index is 0.0189. The van der Waals surface area contributed by atoms with E-state index in [2.05, 4.69) is 4.90 Å². The Morgan fingerprint density at radius 3 is 2.54 bits per heavy atom. The average Bonchev–Trinajstić information content (AvgIpc) is 3.26. The van der Waals surface area contributed by atoms with Crippen molar-refractivity contribution in [1.29, 1.82) is 0 Å². The first-order valence-electron chi connectivity index (χ1n) is 13.1. The molecule has 0 saturated carbocycles. The number of rotatable bonds is 8. The highest BCUT2D eigenvalue weighted by Gasteiger charge is 2.27. The van der Waals surface area contributed by atoms with Crippen LogP contribution in [0.5, 0.6) is 5.75 Å². The fourth-order valence-corrected chi connectivity index (χ4v) is 5.88. The van der Waals surface area contributed by atoms with Crippen LogP contribution in [0.15, 0.2) is 54.6 Å². The van der Waals surface area contributed by atoms with Crippen molar-refractivity contribution in [3.63, 3.8) is 0 Å². The third-order valence-corrected chi connectivity index (χ3v) is 7.75. The van der Waals surface area contributed by atoms with Crippen molar-refractivity contribution in [2.45, 2.75) is 38.2 Å². The lowest BCUT2D eigenvalue weighted by molar-refractivity contribution is 0.0691. The minimum atomic E-state index is -1.32. The van der Waals surface area contributed by atoms with E-state index in [1.807, 2.05) is 24.3 Å². The van der Waals surface area contributed by atoms with Gasteiger partial charge in [-0.25, -0.2) is 13.6 Å². The van der Waals surface area contributed by atoms with Gasteiger partial charge in [0.15, 0.2) is 0 Å². The molecule has 39 heavy (non-hydrogen) atoms. The van der Waals surface area contributed by atoms with Crippen LogP contribution >= 0.6 is 11.6 Å². The summed E-state index contributed by atoms with van der Waals surface area (Å²) in [6.07, 6.45) is 2.88. The van der Waals surface area contributed by atoms with Crippen LogP contribution < -0.4 is 4.74 Å². The molecule has 204 valence electrons. The number of aromatic carboxylic acids is 1. The summed E-state index contributed by atoms with van der Waals surface area (Å²) >= 11 is 6.49. The SMILES string of the molecule is O=C(O)c1ccc2c(c1F)CCCC(c1ccc(F)cc1Cl)=C2c1ccc(O[C@H]2CCN(CCCF)C2)cc1. The largest absolute Gasteiger partial charge is 0.489 e. The van der Waals surface area contributed by atoms with Gasteiger partial charge in [-0.15, -0.1) is 0 Å². The zero-order chi connectivity index (χ0) is 27.5. The van der Waals surface area contributed by atoms with Crippen molar-refractivity contribution in [1.82, 2.24) is 4.90 Å². The Bertz CT molecular complexity index is 1410. The molecule has 0 unspecified atom stereocenters. The van der Waals surface area contributed by atoms with E-state index in [0.717, 1.165) is 42.8 Å². The Balaban J connectivity index is 1.54. The molecule has 0 aromatic heterocycles. The average molecular weight is 556 g/mol. The third-order valence-electron chi connectivity index (χ3n) is 7.44. The molecule has 1 heterocycles. The second-order valence-corrected chi connectivity index (χ2v) is 10.4. The Kier molecular flexibility index (Phi) is 8.29. The lowest BCUT2D eigenvalue weighted by Gasteiger charge is -2.19. The van der Waals surface area contributed by atoms with Crippen molar-refractivity contribution in [2.24, 2.45) is 0 Å². The van der Waals surface area contributed by atoms with E-state index in [1.165, 1.54) is 18.2 Å². The summed E-state index contributed by atoms with van der Waals surface area (Å²) in [5.74, 6) is -1.81. The number of carboxylic acids is 1. The van der Waals surface area contributed by atoms with Gasteiger partial charge in [0.25, 0.3) is 0 Å². The molecule has 0 radical (unpaired) electrons. The number of fused-ring (bicyclic) bond motifs is 1. The van der Waals surface area contributed by atoms with Gasteiger partial charge in [-0.3, -0.25) is 9.29 Å². The van der Waals surface area contributed by atoms with E-state index < -0.39 is 17.6 Å². The summed E-state index contributed by atoms with van der Waals surface area (Å²) in [4.78, 5) is 13.8. The lowest BCUT2D eigenvalue weighted by atomic mass is 9.87. The summed E-state index contributed by atoms with van der Waals surface area (Å²) in [5.41, 5.74) is 3.60. The molecule has 1 aliphatic carbocycles. The second kappa shape index (κ2) is 11.8. The highest BCUT2D eigenvalue weighted by Crippen LogP contribution is 2.43. The number of ether oxygens (including phenoxy) is 1. The van der Waals surface area contributed by atoms with Crippen LogP contribution in [-0.4, -0.2) is 48.4 Å². The molecule has 1 saturated heterocycles. The molecular formula is C31H29ClF3NO3. The second-order valence-electron chi connectivity index (χ2n) is 9.99. The highest BCUT2D eigenvalue weighted by molar-refractivity contribution is 6.32. The molecule has 0 spiro atoms. The van der Waals surface area contributed by atoms with E-state index in [0.29, 0.717) is 48.1 Å². The molecule has 1 fully saturated rings. The normalized spacial score (nSPS) is 17.7. The summed E-state index contributed by atoms with van der Waals surface area (Å²) in [7, 11) is 0. The number of alkyl halides is 1. The van der Waals surface area contributed by atoms with Gasteiger partial charge in [0.1, 0.15) is 23.5 Å². The topological polar surface area (TPSA) is 49.8 Å². The fourth-order valence-electron chi connectivity index (χ4n) is 5.60. The Hall–Kier alpha value is -3.29. The number of carbonyl (C=O) groups is 1. The third kappa shape index (κ3) is 5.85. The van der Waals surface area contributed by atoms with Gasteiger partial charge in [0.05, 0.1) is 17.3 Å². The van der Waals surface area contributed by atoms with Crippen LogP contribution in [0.3, 0.4) is 0 Å². The number of hydrogen-bond donors (Lipinski definition) is 1. The molecule has 1 aliphatic heterocycles. The molecule has 1 N–H and O–H groups in total. The van der Waals surface area contributed by atoms with E-state index >= 15 is 4.39 Å². The first kappa shape index (κ1) is 27.3. The molecule has 3 aromatic rings. The van der Waals surface area contributed by atoms with E-state index in [9.17, 15) is 18.7 Å². The first-order valence-corrected chi connectivity index (χ1v) is 13.5. The quantitative estimate of drug-likeness (QED) is 0.314. The van der Waals surface area contributed by atoms with Gasteiger partial charge in [0, 0.05) is 19.6 Å². The van der Waals surface area contributed by atoms with Crippen LogP contribution in [0, 0.1) is 11.6 Å². The lowest BCUT2D eigenvalue weighted by Crippen LogP contribution is -2.26. The summed E-state index contributed by atoms with van der Waals surface area (Å²) in [5, 5.41) is 9.74. The molecule has 8 heteroatoms. The number of likely N-dealkylation sites (tertiary alicyclic amines) is 1. The van der Waals surface area contributed by atoms with Crippen molar-refractivity contribution in [3.8, 4) is 5.75 Å². The van der Waals surface area contributed by atoms with Gasteiger partial charge in [-0.2, -0.15) is 0 Å². The van der Waals surface area contributed by atoms with Crippen LogP contribution in [0.1, 0.15) is 58.3 Å². The molecule has 0 amide bonds. The van der Waals surface area contributed by atoms with Crippen molar-refractivity contribution in [3.05, 3.63) is 99.1 Å². The summed E-state index contributed by atoms with van der Waals surface area (Å²) in [6.45, 7) is 2.02. The number of allylic oxidation sites excluding steroid dienone is 1.